The third-order valence-corrected chi connectivity index (χ3v) is 2.67. The summed E-state index contributed by atoms with van der Waals surface area (Å²) in [6.45, 7) is 3.38. The summed E-state index contributed by atoms with van der Waals surface area (Å²) in [7, 11) is 0. The molecule has 0 aliphatic heterocycles. The maximum Gasteiger partial charge on any atom is 0.221 e. The quantitative estimate of drug-likeness (QED) is 0.582. The van der Waals surface area contributed by atoms with Crippen LogP contribution in [0.1, 0.15) is 31.7 Å². The molecule has 0 bridgehead atoms. The minimum atomic E-state index is -0.0256. The highest BCUT2D eigenvalue weighted by molar-refractivity contribution is 6.18. The van der Waals surface area contributed by atoms with Gasteiger partial charge in [0.05, 0.1) is 6.61 Å². The number of halogens is 1. The number of nitrogens with one attached hydrogen (secondary N) is 1. The summed E-state index contributed by atoms with van der Waals surface area (Å²) >= 11 is 5.49. The molecular weight excluding hydrogens is 250 g/mol. The lowest BCUT2D eigenvalue weighted by atomic mass is 10.2. The second-order valence-electron chi connectivity index (χ2n) is 4.07. The zero-order valence-corrected chi connectivity index (χ0v) is 11.5. The predicted molar refractivity (Wildman–Crippen MR) is 74.0 cm³/mol. The third kappa shape index (κ3) is 5.92. The second-order valence-corrected chi connectivity index (χ2v) is 4.44. The van der Waals surface area contributed by atoms with Crippen LogP contribution in [0.3, 0.4) is 0 Å². The fraction of sp³-hybridized carbons (Fsp3) is 0.500. The van der Waals surface area contributed by atoms with E-state index in [-0.39, 0.29) is 5.91 Å². The average Bonchev–Trinajstić information content (AvgIpc) is 2.38. The highest BCUT2D eigenvalue weighted by atomic mass is 35.5. The van der Waals surface area contributed by atoms with Gasteiger partial charge < -0.3 is 10.1 Å². The van der Waals surface area contributed by atoms with Gasteiger partial charge in [-0.05, 0) is 24.1 Å². The van der Waals surface area contributed by atoms with Crippen LogP contribution in [-0.4, -0.2) is 18.4 Å². The molecule has 0 radical (unpaired) electrons. The van der Waals surface area contributed by atoms with Gasteiger partial charge in [0.15, 0.2) is 0 Å². The lowest BCUT2D eigenvalue weighted by molar-refractivity contribution is -0.120. The van der Waals surface area contributed by atoms with Crippen LogP contribution in [-0.2, 0) is 11.3 Å². The summed E-state index contributed by atoms with van der Waals surface area (Å²) in [5.41, 5.74) is 1.03. The molecule has 100 valence electrons. The van der Waals surface area contributed by atoms with Crippen LogP contribution in [0.2, 0.25) is 0 Å². The lowest BCUT2D eigenvalue weighted by Crippen LogP contribution is -2.22. The molecule has 0 unspecified atom stereocenters. The molecule has 1 amide bonds. The summed E-state index contributed by atoms with van der Waals surface area (Å²) in [5, 5.41) is 2.82. The Bertz CT molecular complexity index is 369. The van der Waals surface area contributed by atoms with Crippen LogP contribution in [0.15, 0.2) is 24.3 Å². The second kappa shape index (κ2) is 8.81. The molecule has 0 saturated carbocycles. The van der Waals surface area contributed by atoms with Gasteiger partial charge >= 0.3 is 0 Å². The first-order valence-corrected chi connectivity index (χ1v) is 6.84. The van der Waals surface area contributed by atoms with Crippen molar-refractivity contribution in [1.82, 2.24) is 5.32 Å². The molecule has 3 nitrogen and oxygen atoms in total. The van der Waals surface area contributed by atoms with Gasteiger partial charge in [0.2, 0.25) is 5.91 Å². The van der Waals surface area contributed by atoms with E-state index in [0.29, 0.717) is 18.8 Å². The largest absolute Gasteiger partial charge is 0.494 e. The van der Waals surface area contributed by atoms with Gasteiger partial charge in [0, 0.05) is 18.8 Å². The van der Waals surface area contributed by atoms with Crippen LogP contribution in [0.4, 0.5) is 0 Å². The smallest absolute Gasteiger partial charge is 0.221 e. The molecule has 0 fully saturated rings. The number of benzene rings is 1. The molecule has 0 aromatic heterocycles. The topological polar surface area (TPSA) is 38.3 Å². The zero-order valence-electron chi connectivity index (χ0n) is 10.7. The Kier molecular flexibility index (Phi) is 7.26. The van der Waals surface area contributed by atoms with Crippen molar-refractivity contribution >= 4 is 17.5 Å². The first-order valence-electron chi connectivity index (χ1n) is 6.30. The van der Waals surface area contributed by atoms with E-state index in [1.54, 1.807) is 0 Å². The summed E-state index contributed by atoms with van der Waals surface area (Å²) in [6, 6.07) is 7.79. The van der Waals surface area contributed by atoms with Gasteiger partial charge in [-0.2, -0.15) is 0 Å². The summed E-state index contributed by atoms with van der Waals surface area (Å²) in [4.78, 5) is 11.3. The monoisotopic (exact) mass is 269 g/mol. The van der Waals surface area contributed by atoms with E-state index in [9.17, 15) is 4.79 Å². The van der Waals surface area contributed by atoms with Crippen molar-refractivity contribution in [2.45, 2.75) is 32.7 Å². The fourth-order valence-corrected chi connectivity index (χ4v) is 1.63. The molecule has 1 aromatic carbocycles. The first-order chi connectivity index (χ1) is 8.76. The molecule has 0 aliphatic carbocycles. The average molecular weight is 270 g/mol. The molecule has 4 heteroatoms. The Morgan fingerprint density at radius 3 is 3.00 bits per heavy atom. The van der Waals surface area contributed by atoms with Crippen molar-refractivity contribution in [2.24, 2.45) is 0 Å². The number of alkyl halides is 1. The van der Waals surface area contributed by atoms with E-state index in [4.69, 9.17) is 16.3 Å². The molecule has 0 heterocycles. The Balaban J connectivity index is 2.41. The number of hydrogen-bond donors (Lipinski definition) is 1. The molecule has 1 aromatic rings. The van der Waals surface area contributed by atoms with Gasteiger partial charge in [0.1, 0.15) is 5.75 Å². The number of unbranched alkanes of at least 4 members (excludes halogenated alkanes) is 1. The van der Waals surface area contributed by atoms with Crippen LogP contribution >= 0.6 is 11.6 Å². The number of carbonyl (C=O) groups is 1. The van der Waals surface area contributed by atoms with Crippen LogP contribution in [0, 0.1) is 0 Å². The molecule has 0 saturated heterocycles. The number of carbonyl (C=O) groups excluding carboxylic acids is 1. The molecule has 0 aliphatic rings. The van der Waals surface area contributed by atoms with Gasteiger partial charge in [0.25, 0.3) is 0 Å². The fourth-order valence-electron chi connectivity index (χ4n) is 1.45. The third-order valence-electron chi connectivity index (χ3n) is 2.48. The van der Waals surface area contributed by atoms with Crippen LogP contribution in [0.25, 0.3) is 0 Å². The minimum Gasteiger partial charge on any atom is -0.494 e. The molecule has 18 heavy (non-hydrogen) atoms. The minimum absolute atomic E-state index is 0.0256. The van der Waals surface area contributed by atoms with Gasteiger partial charge in [-0.1, -0.05) is 25.5 Å². The van der Waals surface area contributed by atoms with Gasteiger partial charge in [-0.15, -0.1) is 11.6 Å². The van der Waals surface area contributed by atoms with E-state index in [2.05, 4.69) is 12.2 Å². The maximum absolute atomic E-state index is 11.3. The Labute approximate surface area is 113 Å². The van der Waals surface area contributed by atoms with Crippen molar-refractivity contribution in [1.29, 1.82) is 0 Å². The number of hydrogen-bond acceptors (Lipinski definition) is 2. The van der Waals surface area contributed by atoms with Crippen molar-refractivity contribution < 1.29 is 9.53 Å². The molecule has 0 spiro atoms. The standard InChI is InChI=1S/C14H20ClNO2/c1-2-3-9-18-13-6-4-5-12(10-13)11-16-14(17)7-8-15/h4-6,10H,2-3,7-9,11H2,1H3,(H,16,17). The lowest BCUT2D eigenvalue weighted by Gasteiger charge is -2.08. The van der Waals surface area contributed by atoms with Crippen molar-refractivity contribution in [3.8, 4) is 5.75 Å². The normalized spacial score (nSPS) is 10.1. The highest BCUT2D eigenvalue weighted by Gasteiger charge is 2.01. The highest BCUT2D eigenvalue weighted by Crippen LogP contribution is 2.13. The number of amides is 1. The van der Waals surface area contributed by atoms with E-state index >= 15 is 0 Å². The summed E-state index contributed by atoms with van der Waals surface area (Å²) in [6.07, 6.45) is 2.53. The Morgan fingerprint density at radius 1 is 1.44 bits per heavy atom. The molecule has 1 N–H and O–H groups in total. The zero-order chi connectivity index (χ0) is 13.2. The van der Waals surface area contributed by atoms with Crippen molar-refractivity contribution in [2.75, 3.05) is 12.5 Å². The van der Waals surface area contributed by atoms with E-state index in [1.165, 1.54) is 0 Å². The Hall–Kier alpha value is -1.22. The van der Waals surface area contributed by atoms with E-state index in [0.717, 1.165) is 30.8 Å². The van der Waals surface area contributed by atoms with Gasteiger partial charge in [-0.25, -0.2) is 0 Å². The maximum atomic E-state index is 11.3. The first kappa shape index (κ1) is 14.8. The summed E-state index contributed by atoms with van der Waals surface area (Å²) in [5.74, 6) is 1.18. The summed E-state index contributed by atoms with van der Waals surface area (Å²) < 4.78 is 5.61. The van der Waals surface area contributed by atoms with Crippen LogP contribution < -0.4 is 10.1 Å². The molecular formula is C14H20ClNO2. The molecule has 0 atom stereocenters. The number of rotatable bonds is 8. The van der Waals surface area contributed by atoms with Crippen LogP contribution in [0.5, 0.6) is 5.75 Å². The van der Waals surface area contributed by atoms with Crippen molar-refractivity contribution in [3.05, 3.63) is 29.8 Å². The Morgan fingerprint density at radius 2 is 2.28 bits per heavy atom. The predicted octanol–water partition coefficient (Wildman–Crippen LogP) is 3.11. The SMILES string of the molecule is CCCCOc1cccc(CNC(=O)CCCl)c1. The van der Waals surface area contributed by atoms with E-state index in [1.807, 2.05) is 24.3 Å². The number of ether oxygens (including phenoxy) is 1. The van der Waals surface area contributed by atoms with Gasteiger partial charge in [-0.3, -0.25) is 4.79 Å². The van der Waals surface area contributed by atoms with Crippen molar-refractivity contribution in [3.63, 3.8) is 0 Å². The van der Waals surface area contributed by atoms with E-state index < -0.39 is 0 Å². The molecule has 1 rings (SSSR count).